The number of nitrogens with zero attached hydrogens (tertiary/aromatic N) is 1. The highest BCUT2D eigenvalue weighted by atomic mass is 32.2. The molecule has 0 bridgehead atoms. The molecule has 0 saturated carbocycles. The molecule has 1 heterocycles. The Hall–Kier alpha value is -3.09. The number of carbonyl (C=O) groups excluding carboxylic acids is 1. The van der Waals surface area contributed by atoms with Crippen molar-refractivity contribution < 1.29 is 9.53 Å². The molecule has 0 aliphatic heterocycles. The molecule has 0 aliphatic carbocycles. The molecule has 1 amide bonds. The van der Waals surface area contributed by atoms with Gasteiger partial charge in [0.2, 0.25) is 5.91 Å². The van der Waals surface area contributed by atoms with Crippen LogP contribution in [0.25, 0.3) is 22.4 Å². The molecule has 4 aromatic rings. The van der Waals surface area contributed by atoms with E-state index in [-0.39, 0.29) is 5.91 Å². The fourth-order valence-electron chi connectivity index (χ4n) is 2.96. The van der Waals surface area contributed by atoms with Gasteiger partial charge >= 0.3 is 0 Å². The standard InChI is InChI=1S/C25H22N2O2S2/c1-2-29-21-14-15-22-23(16-21)31-25(27-22)30-17-24(28)26-20-12-10-19(11-13-20)9-8-18-6-4-3-5-7-18/h3-16H,2,17H2,1H3,(H,26,28). The predicted octanol–water partition coefficient (Wildman–Crippen LogP) is 6.60. The van der Waals surface area contributed by atoms with Crippen LogP contribution in [-0.4, -0.2) is 23.3 Å². The first-order valence-electron chi connectivity index (χ1n) is 9.99. The molecule has 0 fully saturated rings. The van der Waals surface area contributed by atoms with Gasteiger partial charge in [0.15, 0.2) is 4.34 Å². The summed E-state index contributed by atoms with van der Waals surface area (Å²) in [7, 11) is 0. The third-order valence-corrected chi connectivity index (χ3v) is 6.60. The van der Waals surface area contributed by atoms with Gasteiger partial charge in [0.05, 0.1) is 22.6 Å². The summed E-state index contributed by atoms with van der Waals surface area (Å²) in [5.74, 6) is 1.11. The van der Waals surface area contributed by atoms with E-state index in [1.165, 1.54) is 11.8 Å². The Labute approximate surface area is 190 Å². The fraction of sp³-hybridized carbons (Fsp3) is 0.120. The Kier molecular flexibility index (Phi) is 7.02. The van der Waals surface area contributed by atoms with Crippen molar-refractivity contribution in [1.29, 1.82) is 0 Å². The normalized spacial score (nSPS) is 11.1. The van der Waals surface area contributed by atoms with Crippen molar-refractivity contribution in [3.8, 4) is 5.75 Å². The first-order valence-corrected chi connectivity index (χ1v) is 11.8. The molecular formula is C25H22N2O2S2. The fourth-order valence-corrected chi connectivity index (χ4v) is 4.86. The maximum atomic E-state index is 12.3. The average molecular weight is 447 g/mol. The number of ether oxygens (including phenoxy) is 1. The summed E-state index contributed by atoms with van der Waals surface area (Å²) in [6.45, 7) is 2.60. The van der Waals surface area contributed by atoms with E-state index < -0.39 is 0 Å². The van der Waals surface area contributed by atoms with Gasteiger partial charge < -0.3 is 10.1 Å². The molecule has 0 radical (unpaired) electrons. The molecule has 3 aromatic carbocycles. The number of anilines is 1. The second-order valence-electron chi connectivity index (χ2n) is 6.75. The quantitative estimate of drug-likeness (QED) is 0.245. The number of rotatable bonds is 8. The number of thioether (sulfide) groups is 1. The number of carbonyl (C=O) groups is 1. The predicted molar refractivity (Wildman–Crippen MR) is 132 cm³/mol. The van der Waals surface area contributed by atoms with Gasteiger partial charge in [0.1, 0.15) is 5.75 Å². The molecule has 31 heavy (non-hydrogen) atoms. The van der Waals surface area contributed by atoms with Crippen LogP contribution in [0.5, 0.6) is 5.75 Å². The van der Waals surface area contributed by atoms with Crippen molar-refractivity contribution in [3.05, 3.63) is 83.9 Å². The molecular weight excluding hydrogens is 424 g/mol. The van der Waals surface area contributed by atoms with E-state index in [4.69, 9.17) is 4.74 Å². The van der Waals surface area contributed by atoms with E-state index in [1.54, 1.807) is 11.3 Å². The minimum atomic E-state index is -0.0492. The minimum absolute atomic E-state index is 0.0492. The summed E-state index contributed by atoms with van der Waals surface area (Å²) < 4.78 is 7.48. The minimum Gasteiger partial charge on any atom is -0.494 e. The molecule has 0 aliphatic rings. The molecule has 0 spiro atoms. The van der Waals surface area contributed by atoms with Crippen LogP contribution in [0.2, 0.25) is 0 Å². The number of aromatic nitrogens is 1. The van der Waals surface area contributed by atoms with Gasteiger partial charge in [-0.15, -0.1) is 11.3 Å². The second-order valence-corrected chi connectivity index (χ2v) is 9.00. The molecule has 156 valence electrons. The van der Waals surface area contributed by atoms with Crippen molar-refractivity contribution in [3.63, 3.8) is 0 Å². The van der Waals surface area contributed by atoms with E-state index in [2.05, 4.69) is 34.6 Å². The first-order chi connectivity index (χ1) is 15.2. The highest BCUT2D eigenvalue weighted by molar-refractivity contribution is 8.01. The number of amides is 1. The van der Waals surface area contributed by atoms with E-state index in [9.17, 15) is 4.79 Å². The molecule has 4 nitrogen and oxygen atoms in total. The number of fused-ring (bicyclic) bond motifs is 1. The van der Waals surface area contributed by atoms with Gasteiger partial charge in [-0.25, -0.2) is 4.98 Å². The van der Waals surface area contributed by atoms with Crippen LogP contribution in [0.4, 0.5) is 5.69 Å². The molecule has 1 N–H and O–H groups in total. The lowest BCUT2D eigenvalue weighted by atomic mass is 10.1. The maximum absolute atomic E-state index is 12.3. The van der Waals surface area contributed by atoms with Crippen molar-refractivity contribution >= 4 is 57.1 Å². The Morgan fingerprint density at radius 2 is 1.77 bits per heavy atom. The zero-order valence-corrected chi connectivity index (χ0v) is 18.7. The summed E-state index contributed by atoms with van der Waals surface area (Å²) in [4.78, 5) is 16.9. The molecule has 6 heteroatoms. The van der Waals surface area contributed by atoms with Gasteiger partial charge in [-0.2, -0.15) is 0 Å². The Morgan fingerprint density at radius 3 is 2.52 bits per heavy atom. The summed E-state index contributed by atoms with van der Waals surface area (Å²) in [6, 6.07) is 23.8. The molecule has 0 saturated heterocycles. The third-order valence-electron chi connectivity index (χ3n) is 4.44. The van der Waals surface area contributed by atoms with E-state index in [0.717, 1.165) is 37.1 Å². The van der Waals surface area contributed by atoms with Crippen molar-refractivity contribution in [2.24, 2.45) is 0 Å². The molecule has 4 rings (SSSR count). The van der Waals surface area contributed by atoms with Crippen LogP contribution in [0.1, 0.15) is 18.1 Å². The van der Waals surface area contributed by atoms with Crippen LogP contribution in [0.15, 0.2) is 77.1 Å². The van der Waals surface area contributed by atoms with Gasteiger partial charge in [-0.1, -0.05) is 66.4 Å². The lowest BCUT2D eigenvalue weighted by Gasteiger charge is -2.04. The number of nitrogens with one attached hydrogen (secondary N) is 1. The van der Waals surface area contributed by atoms with Gasteiger partial charge in [-0.05, 0) is 48.4 Å². The summed E-state index contributed by atoms with van der Waals surface area (Å²) in [5.41, 5.74) is 3.95. The second kappa shape index (κ2) is 10.3. The van der Waals surface area contributed by atoms with Crippen molar-refractivity contribution in [2.75, 3.05) is 17.7 Å². The van der Waals surface area contributed by atoms with Crippen LogP contribution in [0, 0.1) is 0 Å². The van der Waals surface area contributed by atoms with E-state index in [1.807, 2.05) is 67.6 Å². The smallest absolute Gasteiger partial charge is 0.234 e. The first kappa shape index (κ1) is 21.2. The Morgan fingerprint density at radius 1 is 1.03 bits per heavy atom. The summed E-state index contributed by atoms with van der Waals surface area (Å²) >= 11 is 3.02. The molecule has 1 aromatic heterocycles. The van der Waals surface area contributed by atoms with Crippen LogP contribution in [-0.2, 0) is 4.79 Å². The molecule has 0 unspecified atom stereocenters. The zero-order chi connectivity index (χ0) is 21.5. The van der Waals surface area contributed by atoms with E-state index >= 15 is 0 Å². The highest BCUT2D eigenvalue weighted by Crippen LogP contribution is 2.32. The lowest BCUT2D eigenvalue weighted by molar-refractivity contribution is -0.113. The highest BCUT2D eigenvalue weighted by Gasteiger charge is 2.09. The van der Waals surface area contributed by atoms with Crippen molar-refractivity contribution in [2.45, 2.75) is 11.3 Å². The summed E-state index contributed by atoms with van der Waals surface area (Å²) in [5, 5.41) is 2.95. The Bertz CT molecular complexity index is 1190. The monoisotopic (exact) mass is 446 g/mol. The Balaban J connectivity index is 1.30. The van der Waals surface area contributed by atoms with Gasteiger partial charge in [-0.3, -0.25) is 4.79 Å². The SMILES string of the molecule is CCOc1ccc2nc(SCC(=O)Nc3ccc(C=Cc4ccccc4)cc3)sc2c1. The van der Waals surface area contributed by atoms with Crippen LogP contribution >= 0.6 is 23.1 Å². The lowest BCUT2D eigenvalue weighted by Crippen LogP contribution is -2.13. The van der Waals surface area contributed by atoms with Crippen LogP contribution < -0.4 is 10.1 Å². The average Bonchev–Trinajstić information content (AvgIpc) is 3.20. The third kappa shape index (κ3) is 5.96. The summed E-state index contributed by atoms with van der Waals surface area (Å²) in [6.07, 6.45) is 4.13. The number of hydrogen-bond acceptors (Lipinski definition) is 5. The van der Waals surface area contributed by atoms with Gasteiger partial charge in [0, 0.05) is 5.69 Å². The topological polar surface area (TPSA) is 51.2 Å². The van der Waals surface area contributed by atoms with Crippen molar-refractivity contribution in [1.82, 2.24) is 4.98 Å². The van der Waals surface area contributed by atoms with E-state index in [0.29, 0.717) is 12.4 Å². The zero-order valence-electron chi connectivity index (χ0n) is 17.1. The largest absolute Gasteiger partial charge is 0.494 e. The maximum Gasteiger partial charge on any atom is 0.234 e. The number of hydrogen-bond donors (Lipinski definition) is 1. The number of thiazole rings is 1. The molecule has 0 atom stereocenters. The number of benzene rings is 3. The van der Waals surface area contributed by atoms with Gasteiger partial charge in [0.25, 0.3) is 0 Å². The van der Waals surface area contributed by atoms with Crippen LogP contribution in [0.3, 0.4) is 0 Å².